The Kier molecular flexibility index (Phi) is 5.51. The standard InChI is InChI=1S/C16H17BrClNO2/c1-20-12-5-6-13(16(9-12)21-2)15(19)7-10-3-4-11(17)8-14(10)18/h3-6,8-9,15H,7,19H2,1-2H3. The van der Waals surface area contributed by atoms with E-state index in [0.29, 0.717) is 11.4 Å². The minimum absolute atomic E-state index is 0.204. The molecule has 0 aliphatic carbocycles. The first-order chi connectivity index (χ1) is 10.0. The summed E-state index contributed by atoms with van der Waals surface area (Å²) in [5.74, 6) is 1.46. The van der Waals surface area contributed by atoms with E-state index in [2.05, 4.69) is 15.9 Å². The van der Waals surface area contributed by atoms with E-state index in [9.17, 15) is 0 Å². The maximum atomic E-state index is 6.31. The number of hydrogen-bond donors (Lipinski definition) is 1. The summed E-state index contributed by atoms with van der Waals surface area (Å²) in [5.41, 5.74) is 8.24. The number of nitrogens with two attached hydrogens (primary N) is 1. The van der Waals surface area contributed by atoms with Gasteiger partial charge in [0.2, 0.25) is 0 Å². The van der Waals surface area contributed by atoms with Gasteiger partial charge in [-0.25, -0.2) is 0 Å². The van der Waals surface area contributed by atoms with Crippen molar-refractivity contribution in [3.8, 4) is 11.5 Å². The van der Waals surface area contributed by atoms with E-state index in [1.807, 2.05) is 36.4 Å². The van der Waals surface area contributed by atoms with Crippen molar-refractivity contribution in [2.24, 2.45) is 5.73 Å². The minimum atomic E-state index is -0.204. The van der Waals surface area contributed by atoms with Gasteiger partial charge in [-0.3, -0.25) is 0 Å². The third kappa shape index (κ3) is 3.90. The number of hydrogen-bond acceptors (Lipinski definition) is 3. The summed E-state index contributed by atoms with van der Waals surface area (Å²) in [6, 6.07) is 11.2. The predicted octanol–water partition coefficient (Wildman–Crippen LogP) is 4.36. The largest absolute Gasteiger partial charge is 0.497 e. The highest BCUT2D eigenvalue weighted by Gasteiger charge is 2.15. The van der Waals surface area contributed by atoms with Gasteiger partial charge in [-0.2, -0.15) is 0 Å². The molecule has 2 aromatic carbocycles. The van der Waals surface area contributed by atoms with Crippen LogP contribution >= 0.6 is 27.5 Å². The molecule has 0 spiro atoms. The van der Waals surface area contributed by atoms with E-state index in [1.165, 1.54) is 0 Å². The van der Waals surface area contributed by atoms with Crippen LogP contribution in [-0.4, -0.2) is 14.2 Å². The van der Waals surface area contributed by atoms with E-state index >= 15 is 0 Å². The van der Waals surface area contributed by atoms with Crippen LogP contribution in [0.15, 0.2) is 40.9 Å². The third-order valence-electron chi connectivity index (χ3n) is 3.30. The van der Waals surface area contributed by atoms with Gasteiger partial charge in [0.15, 0.2) is 0 Å². The smallest absolute Gasteiger partial charge is 0.127 e. The lowest BCUT2D eigenvalue weighted by Crippen LogP contribution is -2.14. The molecule has 1 atom stereocenters. The molecule has 1 unspecified atom stereocenters. The highest BCUT2D eigenvalue weighted by molar-refractivity contribution is 9.10. The lowest BCUT2D eigenvalue weighted by Gasteiger charge is -2.17. The Morgan fingerprint density at radius 3 is 2.52 bits per heavy atom. The Bertz CT molecular complexity index is 634. The lowest BCUT2D eigenvalue weighted by atomic mass is 9.98. The zero-order valence-electron chi connectivity index (χ0n) is 11.9. The first kappa shape index (κ1) is 16.1. The second-order valence-corrected chi connectivity index (χ2v) is 5.98. The van der Waals surface area contributed by atoms with Crippen LogP contribution in [-0.2, 0) is 6.42 Å². The Labute approximate surface area is 138 Å². The van der Waals surface area contributed by atoms with Crippen LogP contribution in [0.1, 0.15) is 17.2 Å². The van der Waals surface area contributed by atoms with Gasteiger partial charge in [-0.05, 0) is 30.2 Å². The van der Waals surface area contributed by atoms with Crippen LogP contribution in [0.2, 0.25) is 5.02 Å². The highest BCUT2D eigenvalue weighted by Crippen LogP contribution is 2.31. The summed E-state index contributed by atoms with van der Waals surface area (Å²) >= 11 is 9.64. The van der Waals surface area contributed by atoms with Crippen LogP contribution in [0.25, 0.3) is 0 Å². The molecule has 2 aromatic rings. The first-order valence-corrected chi connectivity index (χ1v) is 7.63. The van der Waals surface area contributed by atoms with E-state index in [-0.39, 0.29) is 6.04 Å². The van der Waals surface area contributed by atoms with Crippen LogP contribution < -0.4 is 15.2 Å². The average molecular weight is 371 g/mol. The summed E-state index contributed by atoms with van der Waals surface area (Å²) in [6.45, 7) is 0. The van der Waals surface area contributed by atoms with Gasteiger partial charge in [0.1, 0.15) is 11.5 Å². The van der Waals surface area contributed by atoms with E-state index in [1.54, 1.807) is 14.2 Å². The van der Waals surface area contributed by atoms with Gasteiger partial charge in [-0.1, -0.05) is 39.7 Å². The number of methoxy groups -OCH3 is 2. The topological polar surface area (TPSA) is 44.5 Å². The molecule has 21 heavy (non-hydrogen) atoms. The summed E-state index contributed by atoms with van der Waals surface area (Å²) in [7, 11) is 3.24. The van der Waals surface area contributed by atoms with Crippen molar-refractivity contribution in [3.63, 3.8) is 0 Å². The minimum Gasteiger partial charge on any atom is -0.497 e. The Hall–Kier alpha value is -1.23. The van der Waals surface area contributed by atoms with Gasteiger partial charge < -0.3 is 15.2 Å². The van der Waals surface area contributed by atoms with Crippen molar-refractivity contribution in [3.05, 3.63) is 57.0 Å². The zero-order chi connectivity index (χ0) is 15.4. The van der Waals surface area contributed by atoms with Gasteiger partial charge in [0, 0.05) is 27.2 Å². The van der Waals surface area contributed by atoms with Crippen molar-refractivity contribution in [2.75, 3.05) is 14.2 Å². The Morgan fingerprint density at radius 2 is 1.90 bits per heavy atom. The second-order valence-electron chi connectivity index (χ2n) is 4.65. The summed E-state index contributed by atoms with van der Waals surface area (Å²) in [4.78, 5) is 0. The van der Waals surface area contributed by atoms with E-state index in [4.69, 9.17) is 26.8 Å². The van der Waals surface area contributed by atoms with Crippen molar-refractivity contribution >= 4 is 27.5 Å². The van der Waals surface area contributed by atoms with E-state index < -0.39 is 0 Å². The van der Waals surface area contributed by atoms with Crippen molar-refractivity contribution < 1.29 is 9.47 Å². The molecule has 0 amide bonds. The second kappa shape index (κ2) is 7.16. The molecule has 0 aliphatic rings. The quantitative estimate of drug-likeness (QED) is 0.850. The fraction of sp³-hybridized carbons (Fsp3) is 0.250. The Morgan fingerprint density at radius 1 is 1.14 bits per heavy atom. The van der Waals surface area contributed by atoms with Gasteiger partial charge >= 0.3 is 0 Å². The first-order valence-electron chi connectivity index (χ1n) is 6.46. The molecule has 0 heterocycles. The fourth-order valence-corrected chi connectivity index (χ4v) is 2.91. The van der Waals surface area contributed by atoms with Gasteiger partial charge in [-0.15, -0.1) is 0 Å². The van der Waals surface area contributed by atoms with E-state index in [0.717, 1.165) is 27.1 Å². The molecule has 0 bridgehead atoms. The number of ether oxygens (including phenoxy) is 2. The molecule has 0 saturated heterocycles. The maximum absolute atomic E-state index is 6.31. The van der Waals surface area contributed by atoms with Gasteiger partial charge in [0.25, 0.3) is 0 Å². The average Bonchev–Trinajstić information content (AvgIpc) is 2.49. The molecule has 0 saturated carbocycles. The van der Waals surface area contributed by atoms with Crippen molar-refractivity contribution in [2.45, 2.75) is 12.5 Å². The summed E-state index contributed by atoms with van der Waals surface area (Å²) < 4.78 is 11.5. The van der Waals surface area contributed by atoms with Gasteiger partial charge in [0.05, 0.1) is 14.2 Å². The van der Waals surface area contributed by atoms with Crippen LogP contribution in [0.5, 0.6) is 11.5 Å². The normalized spacial score (nSPS) is 12.0. The SMILES string of the molecule is COc1ccc(C(N)Cc2ccc(Br)cc2Cl)c(OC)c1. The lowest BCUT2D eigenvalue weighted by molar-refractivity contribution is 0.388. The molecule has 2 rings (SSSR count). The van der Waals surface area contributed by atoms with Crippen molar-refractivity contribution in [1.29, 1.82) is 0 Å². The van der Waals surface area contributed by atoms with Crippen molar-refractivity contribution in [1.82, 2.24) is 0 Å². The fourth-order valence-electron chi connectivity index (χ4n) is 2.16. The van der Waals surface area contributed by atoms with Crippen LogP contribution in [0, 0.1) is 0 Å². The molecule has 0 aromatic heterocycles. The summed E-state index contributed by atoms with van der Waals surface area (Å²) in [6.07, 6.45) is 0.634. The monoisotopic (exact) mass is 369 g/mol. The molecule has 0 radical (unpaired) electrons. The highest BCUT2D eigenvalue weighted by atomic mass is 79.9. The number of halogens is 2. The molecular weight excluding hydrogens is 354 g/mol. The number of rotatable bonds is 5. The van der Waals surface area contributed by atoms with Crippen LogP contribution in [0.4, 0.5) is 0 Å². The third-order valence-corrected chi connectivity index (χ3v) is 4.14. The molecule has 0 fully saturated rings. The molecule has 112 valence electrons. The number of benzene rings is 2. The molecular formula is C16H17BrClNO2. The molecule has 0 aliphatic heterocycles. The molecule has 3 nitrogen and oxygen atoms in total. The molecule has 2 N–H and O–H groups in total. The maximum Gasteiger partial charge on any atom is 0.127 e. The van der Waals surface area contributed by atoms with Crippen LogP contribution in [0.3, 0.4) is 0 Å². The molecule has 5 heteroatoms. The summed E-state index contributed by atoms with van der Waals surface area (Å²) in [5, 5.41) is 0.701. The Balaban J connectivity index is 2.25. The predicted molar refractivity (Wildman–Crippen MR) is 89.3 cm³/mol. The zero-order valence-corrected chi connectivity index (χ0v) is 14.2.